The molecule has 110 valence electrons. The number of hydrogen-bond acceptors (Lipinski definition) is 2. The van der Waals surface area contributed by atoms with Gasteiger partial charge >= 0.3 is 0 Å². The Morgan fingerprint density at radius 1 is 1.20 bits per heavy atom. The van der Waals surface area contributed by atoms with E-state index in [1.165, 1.54) is 35.2 Å². The normalized spacial score (nSPS) is 18.7. The second-order valence-electron chi connectivity index (χ2n) is 6.53. The van der Waals surface area contributed by atoms with Crippen molar-refractivity contribution in [1.29, 1.82) is 0 Å². The Kier molecular flexibility index (Phi) is 4.23. The molecule has 0 aliphatic carbocycles. The standard InChI is InChI=1S/C17H25ClN2/c1-12(2)11-20-9-3-4-14-10-13-5-7-19-8-6-15(13)16(18)17(14)20/h10,12,19H,3-9,11H2,1-2H3. The average molecular weight is 293 g/mol. The minimum absolute atomic E-state index is 0.678. The van der Waals surface area contributed by atoms with Crippen molar-refractivity contribution in [2.24, 2.45) is 5.92 Å². The summed E-state index contributed by atoms with van der Waals surface area (Å²) in [7, 11) is 0. The molecule has 3 heteroatoms. The van der Waals surface area contributed by atoms with Crippen LogP contribution in [0.15, 0.2) is 6.07 Å². The number of nitrogens with one attached hydrogen (secondary N) is 1. The quantitative estimate of drug-likeness (QED) is 0.898. The van der Waals surface area contributed by atoms with Crippen molar-refractivity contribution in [2.75, 3.05) is 31.1 Å². The molecule has 3 rings (SSSR count). The molecule has 1 aromatic rings. The van der Waals surface area contributed by atoms with Crippen LogP contribution in [0.1, 0.15) is 37.0 Å². The van der Waals surface area contributed by atoms with E-state index in [0.717, 1.165) is 44.0 Å². The van der Waals surface area contributed by atoms with Gasteiger partial charge < -0.3 is 10.2 Å². The number of benzene rings is 1. The van der Waals surface area contributed by atoms with E-state index >= 15 is 0 Å². The zero-order valence-corrected chi connectivity index (χ0v) is 13.4. The summed E-state index contributed by atoms with van der Waals surface area (Å²) in [5, 5.41) is 4.53. The van der Waals surface area contributed by atoms with Crippen LogP contribution in [0.3, 0.4) is 0 Å². The van der Waals surface area contributed by atoms with Crippen LogP contribution in [0.2, 0.25) is 5.02 Å². The smallest absolute Gasteiger partial charge is 0.0677 e. The van der Waals surface area contributed by atoms with Crippen LogP contribution in [-0.4, -0.2) is 26.2 Å². The third-order valence-corrected chi connectivity index (χ3v) is 4.82. The van der Waals surface area contributed by atoms with E-state index < -0.39 is 0 Å². The lowest BCUT2D eigenvalue weighted by molar-refractivity contribution is 0.584. The highest BCUT2D eigenvalue weighted by Crippen LogP contribution is 2.39. The number of aryl methyl sites for hydroxylation is 1. The van der Waals surface area contributed by atoms with Gasteiger partial charge in [0, 0.05) is 13.1 Å². The fourth-order valence-corrected chi connectivity index (χ4v) is 4.03. The monoisotopic (exact) mass is 292 g/mol. The van der Waals surface area contributed by atoms with Crippen LogP contribution in [0.4, 0.5) is 5.69 Å². The van der Waals surface area contributed by atoms with Gasteiger partial charge in [0.1, 0.15) is 0 Å². The van der Waals surface area contributed by atoms with Crippen molar-refractivity contribution >= 4 is 17.3 Å². The maximum absolute atomic E-state index is 6.83. The molecule has 1 N–H and O–H groups in total. The molecule has 0 unspecified atom stereocenters. The molecule has 2 aliphatic heterocycles. The topological polar surface area (TPSA) is 15.3 Å². The van der Waals surface area contributed by atoms with Crippen LogP contribution in [0.5, 0.6) is 0 Å². The van der Waals surface area contributed by atoms with Crippen LogP contribution in [-0.2, 0) is 19.3 Å². The SMILES string of the molecule is CC(C)CN1CCCc2cc3c(c(Cl)c21)CCNCC3. The van der Waals surface area contributed by atoms with E-state index in [2.05, 4.69) is 30.1 Å². The molecule has 2 nitrogen and oxygen atoms in total. The van der Waals surface area contributed by atoms with Gasteiger partial charge in [-0.25, -0.2) is 0 Å². The summed E-state index contributed by atoms with van der Waals surface area (Å²) >= 11 is 6.83. The summed E-state index contributed by atoms with van der Waals surface area (Å²) in [6.07, 6.45) is 4.63. The van der Waals surface area contributed by atoms with Crippen molar-refractivity contribution in [3.05, 3.63) is 27.8 Å². The molecule has 0 bridgehead atoms. The first-order valence-corrected chi connectivity index (χ1v) is 8.33. The van der Waals surface area contributed by atoms with E-state index in [0.29, 0.717) is 5.92 Å². The van der Waals surface area contributed by atoms with Gasteiger partial charge in [0.2, 0.25) is 0 Å². The number of nitrogens with zero attached hydrogens (tertiary/aromatic N) is 1. The third kappa shape index (κ3) is 2.68. The first-order chi connectivity index (χ1) is 9.66. The minimum atomic E-state index is 0.678. The van der Waals surface area contributed by atoms with E-state index in [1.54, 1.807) is 0 Å². The number of fused-ring (bicyclic) bond motifs is 2. The largest absolute Gasteiger partial charge is 0.370 e. The molecule has 0 atom stereocenters. The van der Waals surface area contributed by atoms with E-state index in [4.69, 9.17) is 11.6 Å². The summed E-state index contributed by atoms with van der Waals surface area (Å²) < 4.78 is 0. The second-order valence-corrected chi connectivity index (χ2v) is 6.91. The van der Waals surface area contributed by atoms with Gasteiger partial charge in [-0.3, -0.25) is 0 Å². The molecule has 0 amide bonds. The molecule has 0 saturated heterocycles. The summed E-state index contributed by atoms with van der Waals surface area (Å²) in [6, 6.07) is 2.44. The van der Waals surface area contributed by atoms with E-state index in [-0.39, 0.29) is 0 Å². The highest BCUT2D eigenvalue weighted by Gasteiger charge is 2.24. The zero-order valence-electron chi connectivity index (χ0n) is 12.6. The maximum Gasteiger partial charge on any atom is 0.0677 e. The van der Waals surface area contributed by atoms with E-state index in [9.17, 15) is 0 Å². The molecule has 0 aromatic heterocycles. The molecule has 20 heavy (non-hydrogen) atoms. The first kappa shape index (κ1) is 14.2. The maximum atomic E-state index is 6.83. The van der Waals surface area contributed by atoms with Gasteiger partial charge in [0.15, 0.2) is 0 Å². The molecule has 2 aliphatic rings. The molecule has 2 heterocycles. The van der Waals surface area contributed by atoms with Gasteiger partial charge in [-0.1, -0.05) is 31.5 Å². The Bertz CT molecular complexity index is 496. The molecule has 0 saturated carbocycles. The number of rotatable bonds is 2. The van der Waals surface area contributed by atoms with Gasteiger partial charge in [0.25, 0.3) is 0 Å². The fraction of sp³-hybridized carbons (Fsp3) is 0.647. The van der Waals surface area contributed by atoms with Crippen molar-refractivity contribution in [3.8, 4) is 0 Å². The molecule has 0 fully saturated rings. The Labute approximate surface area is 127 Å². The summed E-state index contributed by atoms with van der Waals surface area (Å²) in [6.45, 7) is 8.98. The summed E-state index contributed by atoms with van der Waals surface area (Å²) in [5.74, 6) is 0.678. The van der Waals surface area contributed by atoms with Gasteiger partial charge in [0.05, 0.1) is 10.7 Å². The van der Waals surface area contributed by atoms with Gasteiger partial charge in [-0.05, 0) is 61.4 Å². The first-order valence-electron chi connectivity index (χ1n) is 7.95. The Morgan fingerprint density at radius 3 is 2.80 bits per heavy atom. The summed E-state index contributed by atoms with van der Waals surface area (Å²) in [5.41, 5.74) is 5.69. The third-order valence-electron chi connectivity index (χ3n) is 4.41. The average Bonchev–Trinajstić information content (AvgIpc) is 2.63. The predicted octanol–water partition coefficient (Wildman–Crippen LogP) is 3.44. The van der Waals surface area contributed by atoms with E-state index in [1.807, 2.05) is 0 Å². The second kappa shape index (κ2) is 5.95. The van der Waals surface area contributed by atoms with Crippen molar-refractivity contribution in [2.45, 2.75) is 39.5 Å². The lowest BCUT2D eigenvalue weighted by Gasteiger charge is -2.35. The summed E-state index contributed by atoms with van der Waals surface area (Å²) in [4.78, 5) is 2.52. The van der Waals surface area contributed by atoms with Crippen LogP contribution in [0.25, 0.3) is 0 Å². The number of hydrogen-bond donors (Lipinski definition) is 1. The van der Waals surface area contributed by atoms with Gasteiger partial charge in [-0.15, -0.1) is 0 Å². The lowest BCUT2D eigenvalue weighted by Crippen LogP contribution is -2.33. The molecule has 1 aromatic carbocycles. The predicted molar refractivity (Wildman–Crippen MR) is 87.1 cm³/mol. The highest BCUT2D eigenvalue weighted by atomic mass is 35.5. The Morgan fingerprint density at radius 2 is 2.00 bits per heavy atom. The van der Waals surface area contributed by atoms with Crippen LogP contribution >= 0.6 is 11.6 Å². The van der Waals surface area contributed by atoms with Crippen molar-refractivity contribution in [1.82, 2.24) is 5.32 Å². The minimum Gasteiger partial charge on any atom is -0.370 e. The van der Waals surface area contributed by atoms with Crippen LogP contribution in [0, 0.1) is 5.92 Å². The highest BCUT2D eigenvalue weighted by molar-refractivity contribution is 6.34. The fourth-order valence-electron chi connectivity index (χ4n) is 3.57. The van der Waals surface area contributed by atoms with Crippen molar-refractivity contribution in [3.63, 3.8) is 0 Å². The molecular weight excluding hydrogens is 268 g/mol. The molecule has 0 spiro atoms. The number of halogens is 1. The van der Waals surface area contributed by atoms with Gasteiger partial charge in [-0.2, -0.15) is 0 Å². The Hall–Kier alpha value is -0.730. The van der Waals surface area contributed by atoms with Crippen LogP contribution < -0.4 is 10.2 Å². The zero-order chi connectivity index (χ0) is 14.1. The molecular formula is C17H25ClN2. The Balaban J connectivity index is 2.04. The van der Waals surface area contributed by atoms with Crippen molar-refractivity contribution < 1.29 is 0 Å². The molecule has 0 radical (unpaired) electrons. The number of anilines is 1. The lowest BCUT2D eigenvalue weighted by atomic mass is 9.92.